The summed E-state index contributed by atoms with van der Waals surface area (Å²) in [6, 6.07) is 14.4. The van der Waals surface area contributed by atoms with E-state index >= 15 is 0 Å². The van der Waals surface area contributed by atoms with Crippen LogP contribution >= 0.6 is 0 Å². The van der Waals surface area contributed by atoms with E-state index in [1.54, 1.807) is 6.34 Å². The van der Waals surface area contributed by atoms with Gasteiger partial charge >= 0.3 is 0 Å². The second-order valence-electron chi connectivity index (χ2n) is 12.0. The second-order valence-corrected chi connectivity index (χ2v) is 12.0. The summed E-state index contributed by atoms with van der Waals surface area (Å²) in [6.45, 7) is 11.1. The fourth-order valence-corrected chi connectivity index (χ4v) is 5.91. The highest BCUT2D eigenvalue weighted by Gasteiger charge is 2.51. The molecular weight excluding hydrogens is 492 g/mol. The molecule has 1 atom stereocenters. The number of hydrazone groups is 1. The second kappa shape index (κ2) is 9.79. The summed E-state index contributed by atoms with van der Waals surface area (Å²) in [6.07, 6.45) is 5.54. The van der Waals surface area contributed by atoms with E-state index in [1.807, 2.05) is 29.3 Å². The minimum Gasteiger partial charge on any atom is -0.454 e. The Morgan fingerprint density at radius 1 is 1.10 bits per heavy atom. The molecule has 0 spiro atoms. The normalized spacial score (nSPS) is 17.9. The van der Waals surface area contributed by atoms with E-state index in [4.69, 9.17) is 9.47 Å². The third-order valence-electron chi connectivity index (χ3n) is 8.55. The number of hydrogen-bond acceptors (Lipinski definition) is 7. The SMILES string of the molecule is CCC(Cc1cc2cc(NC(=O)C3(c4ccc5c(c4)OCO5)CC3)ccc2n1CCN1C=NNN1)C(C)(C)C. The lowest BCUT2D eigenvalue weighted by atomic mass is 9.76. The molecule has 3 aromatic rings. The summed E-state index contributed by atoms with van der Waals surface area (Å²) in [5.74, 6) is 2.05. The molecule has 206 valence electrons. The Balaban J connectivity index is 1.26. The van der Waals surface area contributed by atoms with Crippen LogP contribution in [0.5, 0.6) is 11.5 Å². The van der Waals surface area contributed by atoms with Crippen LogP contribution in [0.25, 0.3) is 10.9 Å². The number of nitrogens with zero attached hydrogens (tertiary/aromatic N) is 3. The molecule has 1 amide bonds. The molecule has 1 aromatic heterocycles. The van der Waals surface area contributed by atoms with E-state index in [-0.39, 0.29) is 18.1 Å². The molecule has 1 unspecified atom stereocenters. The van der Waals surface area contributed by atoms with E-state index < -0.39 is 5.41 Å². The Kier molecular flexibility index (Phi) is 6.41. The zero-order chi connectivity index (χ0) is 27.2. The minimum atomic E-state index is -0.508. The van der Waals surface area contributed by atoms with Gasteiger partial charge in [0.2, 0.25) is 12.7 Å². The van der Waals surface area contributed by atoms with Crippen LogP contribution in [0, 0.1) is 11.3 Å². The number of anilines is 1. The molecule has 39 heavy (non-hydrogen) atoms. The van der Waals surface area contributed by atoms with Gasteiger partial charge in [0.05, 0.1) is 12.0 Å². The van der Waals surface area contributed by atoms with Crippen LogP contribution in [0.3, 0.4) is 0 Å². The molecule has 6 rings (SSSR count). The number of hydrazine groups is 2. The van der Waals surface area contributed by atoms with Gasteiger partial charge in [0, 0.05) is 28.8 Å². The molecule has 1 aliphatic carbocycles. The minimum absolute atomic E-state index is 0.0334. The highest BCUT2D eigenvalue weighted by atomic mass is 16.7. The molecule has 3 heterocycles. The number of hydrogen-bond donors (Lipinski definition) is 3. The molecule has 0 radical (unpaired) electrons. The first-order valence-electron chi connectivity index (χ1n) is 13.9. The standard InChI is InChI=1S/C30H38N6O3/c1-5-21(29(2,3)4)16-24-15-20-14-23(7-8-25(20)36(24)13-12-35-18-31-33-34-35)32-28(37)30(10-11-30)22-6-9-26-27(17-22)39-19-38-26/h6-9,14-15,17-18,21,33-34H,5,10-13,16,19H2,1-4H3,(H,32,37). The van der Waals surface area contributed by atoms with Crippen LogP contribution in [-0.2, 0) is 23.2 Å². The van der Waals surface area contributed by atoms with Gasteiger partial charge < -0.3 is 19.4 Å². The van der Waals surface area contributed by atoms with E-state index in [0.29, 0.717) is 11.7 Å². The summed E-state index contributed by atoms with van der Waals surface area (Å²) in [5.41, 5.74) is 9.80. The summed E-state index contributed by atoms with van der Waals surface area (Å²) in [4.78, 5) is 13.5. The first kappa shape index (κ1) is 25.6. The average Bonchev–Trinajstić information content (AvgIpc) is 3.22. The summed E-state index contributed by atoms with van der Waals surface area (Å²) in [5, 5.41) is 10.3. The van der Waals surface area contributed by atoms with Crippen molar-refractivity contribution in [2.75, 3.05) is 18.7 Å². The van der Waals surface area contributed by atoms with Crippen molar-refractivity contribution in [3.8, 4) is 11.5 Å². The molecule has 9 nitrogen and oxygen atoms in total. The van der Waals surface area contributed by atoms with Crippen molar-refractivity contribution in [2.24, 2.45) is 16.4 Å². The van der Waals surface area contributed by atoms with Crippen molar-refractivity contribution in [3.05, 3.63) is 53.7 Å². The Morgan fingerprint density at radius 2 is 1.92 bits per heavy atom. The smallest absolute Gasteiger partial charge is 0.235 e. The van der Waals surface area contributed by atoms with E-state index in [2.05, 4.69) is 71.9 Å². The predicted octanol–water partition coefficient (Wildman–Crippen LogP) is 4.92. The number of ether oxygens (including phenoxy) is 2. The summed E-state index contributed by atoms with van der Waals surface area (Å²) < 4.78 is 13.4. The van der Waals surface area contributed by atoms with Crippen LogP contribution in [0.4, 0.5) is 5.69 Å². The maximum atomic E-state index is 13.5. The van der Waals surface area contributed by atoms with Gasteiger partial charge in [-0.15, -0.1) is 5.53 Å². The van der Waals surface area contributed by atoms with E-state index in [1.165, 1.54) is 11.2 Å². The first-order chi connectivity index (χ1) is 18.8. The average molecular weight is 531 g/mol. The Hall–Kier alpha value is -3.72. The predicted molar refractivity (Wildman–Crippen MR) is 152 cm³/mol. The summed E-state index contributed by atoms with van der Waals surface area (Å²) >= 11 is 0. The molecule has 3 N–H and O–H groups in total. The molecule has 3 aliphatic rings. The van der Waals surface area contributed by atoms with Crippen LogP contribution in [-0.4, -0.2) is 35.2 Å². The number of carbonyl (C=O) groups excluding carboxylic acids is 1. The number of benzene rings is 2. The van der Waals surface area contributed by atoms with Gasteiger partial charge in [0.1, 0.15) is 6.34 Å². The zero-order valence-corrected chi connectivity index (χ0v) is 23.2. The maximum absolute atomic E-state index is 13.5. The lowest BCUT2D eigenvalue weighted by Crippen LogP contribution is -2.39. The molecule has 9 heteroatoms. The number of aromatic nitrogens is 1. The molecular formula is C30H38N6O3. The van der Waals surface area contributed by atoms with Crippen LogP contribution in [0.1, 0.15) is 58.2 Å². The lowest BCUT2D eigenvalue weighted by molar-refractivity contribution is -0.118. The largest absolute Gasteiger partial charge is 0.454 e. The molecule has 1 saturated carbocycles. The summed E-state index contributed by atoms with van der Waals surface area (Å²) in [7, 11) is 0. The Morgan fingerprint density at radius 3 is 2.64 bits per heavy atom. The highest BCUT2D eigenvalue weighted by Crippen LogP contribution is 2.51. The molecule has 0 saturated heterocycles. The van der Waals surface area contributed by atoms with Crippen LogP contribution in [0.2, 0.25) is 0 Å². The fourth-order valence-electron chi connectivity index (χ4n) is 5.91. The first-order valence-corrected chi connectivity index (χ1v) is 13.9. The Labute approximate surface area is 229 Å². The van der Waals surface area contributed by atoms with Gasteiger partial charge in [0.25, 0.3) is 0 Å². The van der Waals surface area contributed by atoms with Gasteiger partial charge in [0.15, 0.2) is 11.5 Å². The maximum Gasteiger partial charge on any atom is 0.235 e. The molecule has 2 aromatic carbocycles. The van der Waals surface area contributed by atoms with Gasteiger partial charge in [-0.25, -0.2) is 5.53 Å². The van der Waals surface area contributed by atoms with Gasteiger partial charge in [-0.3, -0.25) is 9.80 Å². The topological polar surface area (TPSA) is 92.2 Å². The van der Waals surface area contributed by atoms with Gasteiger partial charge in [-0.1, -0.05) is 40.2 Å². The number of rotatable bonds is 9. The third-order valence-corrected chi connectivity index (χ3v) is 8.55. The van der Waals surface area contributed by atoms with Crippen molar-refractivity contribution in [3.63, 3.8) is 0 Å². The zero-order valence-electron chi connectivity index (χ0n) is 23.2. The highest BCUT2D eigenvalue weighted by molar-refractivity contribution is 6.02. The quantitative estimate of drug-likeness (QED) is 0.364. The van der Waals surface area contributed by atoms with Crippen LogP contribution in [0.15, 0.2) is 47.6 Å². The van der Waals surface area contributed by atoms with E-state index in [0.717, 1.165) is 61.2 Å². The number of carbonyl (C=O) groups is 1. The van der Waals surface area contributed by atoms with Gasteiger partial charge in [-0.05, 0) is 72.6 Å². The number of fused-ring (bicyclic) bond motifs is 2. The lowest BCUT2D eigenvalue weighted by Gasteiger charge is -2.30. The number of amides is 1. The van der Waals surface area contributed by atoms with Crippen molar-refractivity contribution in [2.45, 2.75) is 65.3 Å². The van der Waals surface area contributed by atoms with Crippen molar-refractivity contribution >= 4 is 28.8 Å². The van der Waals surface area contributed by atoms with Crippen molar-refractivity contribution in [1.82, 2.24) is 20.6 Å². The van der Waals surface area contributed by atoms with Crippen molar-refractivity contribution in [1.29, 1.82) is 0 Å². The molecule has 2 aliphatic heterocycles. The third kappa shape index (κ3) is 4.91. The van der Waals surface area contributed by atoms with Gasteiger partial charge in [-0.2, -0.15) is 5.10 Å². The molecule has 1 fully saturated rings. The van der Waals surface area contributed by atoms with Crippen LogP contribution < -0.4 is 25.9 Å². The Bertz CT molecular complexity index is 1420. The number of nitrogens with one attached hydrogen (secondary N) is 3. The van der Waals surface area contributed by atoms with Crippen molar-refractivity contribution < 1.29 is 14.3 Å². The monoisotopic (exact) mass is 530 g/mol. The molecule has 0 bridgehead atoms. The van der Waals surface area contributed by atoms with E-state index in [9.17, 15) is 4.79 Å². The fraction of sp³-hybridized carbons (Fsp3) is 0.467.